The average Bonchev–Trinajstić information content (AvgIpc) is 3.83. The van der Waals surface area contributed by atoms with E-state index in [4.69, 9.17) is 33.2 Å². The van der Waals surface area contributed by atoms with Crippen LogP contribution < -0.4 is 14.2 Å². The predicted molar refractivity (Wildman–Crippen MR) is 183 cm³/mol. The normalized spacial score (nSPS) is 21.4. The van der Waals surface area contributed by atoms with Gasteiger partial charge in [0.1, 0.15) is 5.01 Å². The number of aliphatic hydroxyl groups is 1. The van der Waals surface area contributed by atoms with Gasteiger partial charge in [0.2, 0.25) is 18.3 Å². The molecule has 0 bridgehead atoms. The van der Waals surface area contributed by atoms with E-state index in [1.165, 1.54) is 24.3 Å². The number of thiazole rings is 1. The molecule has 3 aromatic rings. The average molecular weight is 887 g/mol. The number of benzene rings is 1. The van der Waals surface area contributed by atoms with Gasteiger partial charge in [-0.2, -0.15) is 35.1 Å². The third-order valence-corrected chi connectivity index (χ3v) is 9.93. The van der Waals surface area contributed by atoms with Crippen molar-refractivity contribution in [3.05, 3.63) is 63.7 Å². The van der Waals surface area contributed by atoms with Gasteiger partial charge in [-0.1, -0.05) is 12.1 Å². The topological polar surface area (TPSA) is 188 Å². The molecule has 6 atom stereocenters. The number of carbonyl (C=O) groups is 4. The van der Waals surface area contributed by atoms with E-state index < -0.39 is 95.8 Å². The van der Waals surface area contributed by atoms with Crippen molar-refractivity contribution in [1.82, 2.24) is 9.97 Å². The Kier molecular flexibility index (Phi) is 13.8. The molecule has 1 aliphatic heterocycles. The standard InChI is InChI=1S/C36H34F8N2O13S/c1-15(47)53-26-27(54-16(2)48)29(55-17(3)49)31(59-28(26)30(50)52-4)58-25-10-5-18(13-45-25)11-21(19-6-9-22(57-33(37)38)23(12-19)56-20-7-8-20)24-14-46-32(60-24)34(51,35(39,40)41)36(42,43)44/h5-6,9-10,12-14,20-21,26-29,31,33,51H,7-8,11H2,1-4H3/t21-,26-,27?,28?,29+,31+/m0/s1. The van der Waals surface area contributed by atoms with Crippen LogP contribution >= 0.6 is 11.3 Å². The second-order valence-electron chi connectivity index (χ2n) is 13.2. The molecule has 24 heteroatoms. The predicted octanol–water partition coefficient (Wildman–Crippen LogP) is 5.44. The molecule has 0 radical (unpaired) electrons. The van der Waals surface area contributed by atoms with Crippen LogP contribution in [-0.4, -0.2) is 102 Å². The van der Waals surface area contributed by atoms with Gasteiger partial charge < -0.3 is 43.0 Å². The van der Waals surface area contributed by atoms with Crippen LogP contribution in [0.15, 0.2) is 42.7 Å². The van der Waals surface area contributed by atoms with E-state index in [2.05, 4.69) is 14.7 Å². The summed E-state index contributed by atoms with van der Waals surface area (Å²) >= 11 is -0.0947. The fourth-order valence-corrected chi connectivity index (χ4v) is 7.10. The highest BCUT2D eigenvalue weighted by Crippen LogP contribution is 2.52. The Bertz CT molecular complexity index is 2010. The molecule has 2 aromatic heterocycles. The molecule has 2 aliphatic rings. The number of hydrogen-bond donors (Lipinski definition) is 1. The summed E-state index contributed by atoms with van der Waals surface area (Å²) < 4.78 is 152. The van der Waals surface area contributed by atoms with Gasteiger partial charge >= 0.3 is 48.4 Å². The van der Waals surface area contributed by atoms with Crippen LogP contribution in [0.2, 0.25) is 0 Å². The number of nitrogens with zero attached hydrogens (tertiary/aromatic N) is 2. The van der Waals surface area contributed by atoms with Gasteiger partial charge in [0.05, 0.1) is 13.2 Å². The van der Waals surface area contributed by atoms with Crippen LogP contribution in [0.4, 0.5) is 35.1 Å². The van der Waals surface area contributed by atoms with Crippen molar-refractivity contribution < 1.29 is 97.3 Å². The van der Waals surface area contributed by atoms with Crippen molar-refractivity contribution >= 4 is 35.2 Å². The van der Waals surface area contributed by atoms with E-state index in [0.29, 0.717) is 19.0 Å². The van der Waals surface area contributed by atoms with Crippen molar-refractivity contribution in [3.8, 4) is 17.4 Å². The Hall–Kier alpha value is -5.36. The van der Waals surface area contributed by atoms with Gasteiger partial charge in [-0.25, -0.2) is 14.8 Å². The Morgan fingerprint density at radius 1 is 0.833 bits per heavy atom. The number of alkyl halides is 8. The third kappa shape index (κ3) is 10.5. The lowest BCUT2D eigenvalue weighted by Gasteiger charge is -2.42. The van der Waals surface area contributed by atoms with Crippen molar-refractivity contribution in [2.75, 3.05) is 7.11 Å². The molecule has 3 heterocycles. The molecule has 60 heavy (non-hydrogen) atoms. The number of esters is 4. The van der Waals surface area contributed by atoms with Crippen LogP contribution in [0, 0.1) is 0 Å². The molecule has 0 amide bonds. The lowest BCUT2D eigenvalue weighted by atomic mass is 9.91. The molecule has 2 unspecified atom stereocenters. The monoisotopic (exact) mass is 886 g/mol. The van der Waals surface area contributed by atoms with Crippen molar-refractivity contribution in [3.63, 3.8) is 0 Å². The van der Waals surface area contributed by atoms with E-state index >= 15 is 0 Å². The number of rotatable bonds is 15. The van der Waals surface area contributed by atoms with Gasteiger partial charge in [0.15, 0.2) is 29.8 Å². The maximum atomic E-state index is 13.8. The lowest BCUT2D eigenvalue weighted by Crippen LogP contribution is -2.64. The van der Waals surface area contributed by atoms with Crippen molar-refractivity contribution in [1.29, 1.82) is 0 Å². The summed E-state index contributed by atoms with van der Waals surface area (Å²) in [7, 11) is 0.977. The van der Waals surface area contributed by atoms with Gasteiger partial charge in [0.25, 0.3) is 0 Å². The molecule has 2 fully saturated rings. The van der Waals surface area contributed by atoms with Crippen LogP contribution in [-0.2, 0) is 54.9 Å². The lowest BCUT2D eigenvalue weighted by molar-refractivity contribution is -0.376. The SMILES string of the molecule is COC(=O)C1O[C@@H](Oc2ccc(C[C@@H](c3ccc(OC(F)F)c(OC4CC4)c3)c3cnc(C(O)(C(F)(F)F)C(F)(F)F)s3)cn2)[C@H](OC(C)=O)C(OC(C)=O)[C@@H]1OC(C)=O. The molecule has 328 valence electrons. The largest absolute Gasteiger partial charge is 0.487 e. The second kappa shape index (κ2) is 18.1. The molecule has 0 spiro atoms. The highest BCUT2D eigenvalue weighted by Gasteiger charge is 2.73. The third-order valence-electron chi connectivity index (χ3n) is 8.71. The summed E-state index contributed by atoms with van der Waals surface area (Å²) in [6.45, 7) is -0.329. The molecule has 15 nitrogen and oxygen atoms in total. The summed E-state index contributed by atoms with van der Waals surface area (Å²) in [5.74, 6) is -6.02. The van der Waals surface area contributed by atoms with Crippen LogP contribution in [0.5, 0.6) is 17.4 Å². The Morgan fingerprint density at radius 2 is 1.45 bits per heavy atom. The minimum Gasteiger partial charge on any atom is -0.487 e. The summed E-state index contributed by atoms with van der Waals surface area (Å²) in [5.41, 5.74) is -4.96. The quantitative estimate of drug-likeness (QED) is 0.115. The van der Waals surface area contributed by atoms with E-state index in [1.807, 2.05) is 0 Å². The first kappa shape index (κ1) is 45.7. The number of pyridine rings is 1. The summed E-state index contributed by atoms with van der Waals surface area (Å²) in [5, 5.41) is 8.31. The van der Waals surface area contributed by atoms with Crippen molar-refractivity contribution in [2.45, 2.75) is 107 Å². The molecule has 1 saturated heterocycles. The maximum absolute atomic E-state index is 13.8. The molecule has 1 N–H and O–H groups in total. The van der Waals surface area contributed by atoms with Crippen LogP contribution in [0.3, 0.4) is 0 Å². The Balaban J connectivity index is 1.51. The van der Waals surface area contributed by atoms with E-state index in [0.717, 1.165) is 40.1 Å². The van der Waals surface area contributed by atoms with E-state index in [9.17, 15) is 59.4 Å². The number of hydrogen-bond acceptors (Lipinski definition) is 16. The van der Waals surface area contributed by atoms with E-state index in [-0.39, 0.29) is 51.5 Å². The zero-order valence-corrected chi connectivity index (χ0v) is 32.3. The van der Waals surface area contributed by atoms with Crippen molar-refractivity contribution in [2.24, 2.45) is 0 Å². The minimum absolute atomic E-state index is 0.0947. The van der Waals surface area contributed by atoms with Crippen LogP contribution in [0.1, 0.15) is 60.5 Å². The number of ether oxygens (including phenoxy) is 8. The molecule has 5 rings (SSSR count). The van der Waals surface area contributed by atoms with Gasteiger partial charge in [-0.3, -0.25) is 14.4 Å². The second-order valence-corrected chi connectivity index (χ2v) is 14.3. The molecular weight excluding hydrogens is 852 g/mol. The first-order valence-electron chi connectivity index (χ1n) is 17.5. The highest BCUT2D eigenvalue weighted by atomic mass is 32.1. The number of methoxy groups -OCH3 is 1. The molecule has 1 aromatic carbocycles. The number of halogens is 8. The Morgan fingerprint density at radius 3 is 1.98 bits per heavy atom. The first-order chi connectivity index (χ1) is 28.0. The zero-order valence-electron chi connectivity index (χ0n) is 31.5. The van der Waals surface area contributed by atoms with Gasteiger partial charge in [-0.15, -0.1) is 11.3 Å². The van der Waals surface area contributed by atoms with Crippen LogP contribution in [0.25, 0.3) is 0 Å². The smallest absolute Gasteiger partial charge is 0.433 e. The van der Waals surface area contributed by atoms with Gasteiger partial charge in [-0.05, 0) is 42.5 Å². The summed E-state index contributed by atoms with van der Waals surface area (Å²) in [4.78, 5) is 56.2. The van der Waals surface area contributed by atoms with Gasteiger partial charge in [0, 0.05) is 50.0 Å². The summed E-state index contributed by atoms with van der Waals surface area (Å²) in [6, 6.07) is 6.12. The molecular formula is C36H34F8N2O13S. The molecule has 1 saturated carbocycles. The number of carbonyl (C=O) groups excluding carboxylic acids is 4. The Labute approximate surface area is 337 Å². The zero-order chi connectivity index (χ0) is 44.3. The first-order valence-corrected chi connectivity index (χ1v) is 18.3. The van der Waals surface area contributed by atoms with E-state index in [1.54, 1.807) is 0 Å². The highest BCUT2D eigenvalue weighted by molar-refractivity contribution is 7.11. The fraction of sp³-hybridized carbons (Fsp3) is 0.500. The fourth-order valence-electron chi connectivity index (χ4n) is 5.92. The minimum atomic E-state index is -6.23. The maximum Gasteiger partial charge on any atom is 0.433 e. The number of aromatic nitrogens is 2. The summed E-state index contributed by atoms with van der Waals surface area (Å²) in [6.07, 6.45) is -18.8. The molecule has 1 aliphatic carbocycles.